The maximum atomic E-state index is 3.73. The Morgan fingerprint density at radius 1 is 1.41 bits per heavy atom. The van der Waals surface area contributed by atoms with E-state index in [0.29, 0.717) is 5.41 Å². The van der Waals surface area contributed by atoms with E-state index in [2.05, 4.69) is 57.0 Å². The lowest BCUT2D eigenvalue weighted by atomic mass is 9.99. The van der Waals surface area contributed by atoms with Crippen molar-refractivity contribution in [1.82, 2.24) is 9.72 Å². The van der Waals surface area contributed by atoms with Crippen LogP contribution in [0.4, 0.5) is 0 Å². The Labute approximate surface area is 110 Å². The number of rotatable bonds is 3. The van der Waals surface area contributed by atoms with Crippen molar-refractivity contribution in [2.45, 2.75) is 25.2 Å². The van der Waals surface area contributed by atoms with Gasteiger partial charge in [-0.1, -0.05) is 6.07 Å². The topological polar surface area (TPSA) is 16.4 Å². The number of aromatic nitrogens is 1. The minimum Gasteiger partial charge on any atom is -0.319 e. The standard InChI is InChI=1S/C14H17BrN2/c1-10-12(15)11-5-3-4-8-17(11)13(10)14(6-7-14)9-16-2/h3-5,8,16H,6-7,9H2,1-2H3. The minimum atomic E-state index is 0.356. The third-order valence-corrected chi connectivity index (χ3v) is 4.88. The van der Waals surface area contributed by atoms with Crippen LogP contribution < -0.4 is 5.32 Å². The summed E-state index contributed by atoms with van der Waals surface area (Å²) in [5, 5.41) is 3.34. The summed E-state index contributed by atoms with van der Waals surface area (Å²) in [4.78, 5) is 0. The lowest BCUT2D eigenvalue weighted by Gasteiger charge is -2.16. The van der Waals surface area contributed by atoms with Gasteiger partial charge in [-0.15, -0.1) is 0 Å². The predicted molar refractivity (Wildman–Crippen MR) is 74.7 cm³/mol. The Bertz CT molecular complexity index is 567. The SMILES string of the molecule is CNCC1(c2c(C)c(Br)c3ccccn23)CC1. The molecule has 0 atom stereocenters. The van der Waals surface area contributed by atoms with Crippen molar-refractivity contribution in [3.63, 3.8) is 0 Å². The monoisotopic (exact) mass is 292 g/mol. The maximum Gasteiger partial charge on any atom is 0.0598 e. The van der Waals surface area contributed by atoms with Gasteiger partial charge in [0.2, 0.25) is 0 Å². The zero-order valence-electron chi connectivity index (χ0n) is 10.3. The first-order valence-corrected chi connectivity index (χ1v) is 6.89. The molecule has 0 saturated heterocycles. The molecule has 0 aliphatic heterocycles. The van der Waals surface area contributed by atoms with Crippen molar-refractivity contribution >= 4 is 21.4 Å². The number of likely N-dealkylation sites (N-methyl/N-ethyl adjacent to an activating group) is 1. The first-order valence-electron chi connectivity index (χ1n) is 6.10. The van der Waals surface area contributed by atoms with E-state index in [1.807, 2.05) is 7.05 Å². The van der Waals surface area contributed by atoms with Crippen molar-refractivity contribution in [1.29, 1.82) is 0 Å². The van der Waals surface area contributed by atoms with Crippen molar-refractivity contribution in [3.8, 4) is 0 Å². The van der Waals surface area contributed by atoms with Crippen LogP contribution in [0, 0.1) is 6.92 Å². The number of halogens is 1. The van der Waals surface area contributed by atoms with Gasteiger partial charge in [-0.2, -0.15) is 0 Å². The molecule has 1 saturated carbocycles. The molecule has 1 N–H and O–H groups in total. The van der Waals surface area contributed by atoms with Gasteiger partial charge < -0.3 is 9.72 Å². The van der Waals surface area contributed by atoms with Gasteiger partial charge in [0.05, 0.1) is 5.52 Å². The fourth-order valence-corrected chi connectivity index (χ4v) is 3.44. The van der Waals surface area contributed by atoms with Gasteiger partial charge >= 0.3 is 0 Å². The van der Waals surface area contributed by atoms with Crippen LogP contribution in [-0.4, -0.2) is 18.0 Å². The van der Waals surface area contributed by atoms with Gasteiger partial charge in [-0.05, 0) is 60.4 Å². The highest BCUT2D eigenvalue weighted by atomic mass is 79.9. The molecular weight excluding hydrogens is 276 g/mol. The quantitative estimate of drug-likeness (QED) is 0.919. The van der Waals surface area contributed by atoms with Crippen LogP contribution in [0.15, 0.2) is 28.9 Å². The van der Waals surface area contributed by atoms with Gasteiger partial charge in [0.25, 0.3) is 0 Å². The summed E-state index contributed by atoms with van der Waals surface area (Å²) in [5.74, 6) is 0. The molecule has 2 nitrogen and oxygen atoms in total. The molecule has 0 amide bonds. The van der Waals surface area contributed by atoms with E-state index < -0.39 is 0 Å². The Kier molecular flexibility index (Phi) is 2.56. The molecule has 3 heteroatoms. The Morgan fingerprint density at radius 3 is 2.82 bits per heavy atom. The average Bonchev–Trinajstić information content (AvgIpc) is 3.05. The molecule has 2 aromatic heterocycles. The number of hydrogen-bond acceptors (Lipinski definition) is 1. The number of nitrogens with one attached hydrogen (secondary N) is 1. The summed E-state index contributed by atoms with van der Waals surface area (Å²) in [6.45, 7) is 3.30. The van der Waals surface area contributed by atoms with E-state index in [4.69, 9.17) is 0 Å². The first-order chi connectivity index (χ1) is 8.19. The Morgan fingerprint density at radius 2 is 2.18 bits per heavy atom. The van der Waals surface area contributed by atoms with Crippen LogP contribution in [0.2, 0.25) is 0 Å². The summed E-state index contributed by atoms with van der Waals surface area (Å²) >= 11 is 3.73. The number of pyridine rings is 1. The largest absolute Gasteiger partial charge is 0.319 e. The average molecular weight is 293 g/mol. The predicted octanol–water partition coefficient (Wildman–Crippen LogP) is 3.26. The van der Waals surface area contributed by atoms with Crippen molar-refractivity contribution in [2.75, 3.05) is 13.6 Å². The van der Waals surface area contributed by atoms with Crippen molar-refractivity contribution < 1.29 is 0 Å². The molecule has 3 rings (SSSR count). The van der Waals surface area contributed by atoms with Crippen LogP contribution in [0.3, 0.4) is 0 Å². The molecule has 2 heterocycles. The minimum absolute atomic E-state index is 0.356. The highest BCUT2D eigenvalue weighted by Gasteiger charge is 2.47. The molecule has 17 heavy (non-hydrogen) atoms. The Balaban J connectivity index is 2.26. The molecule has 0 radical (unpaired) electrons. The van der Waals surface area contributed by atoms with Crippen molar-refractivity contribution in [2.24, 2.45) is 0 Å². The summed E-state index contributed by atoms with van der Waals surface area (Å²) in [7, 11) is 2.04. The molecule has 1 aliphatic carbocycles. The van der Waals surface area contributed by atoms with E-state index in [1.165, 1.54) is 34.1 Å². The highest BCUT2D eigenvalue weighted by Crippen LogP contribution is 2.50. The summed E-state index contributed by atoms with van der Waals surface area (Å²) in [5.41, 5.74) is 4.51. The van der Waals surface area contributed by atoms with Crippen LogP contribution in [0.25, 0.3) is 5.52 Å². The smallest absolute Gasteiger partial charge is 0.0598 e. The Hall–Kier alpha value is -0.800. The van der Waals surface area contributed by atoms with Crippen LogP contribution in [0.5, 0.6) is 0 Å². The number of hydrogen-bond donors (Lipinski definition) is 1. The fraction of sp³-hybridized carbons (Fsp3) is 0.429. The fourth-order valence-electron chi connectivity index (χ4n) is 2.93. The van der Waals surface area contributed by atoms with Crippen molar-refractivity contribution in [3.05, 3.63) is 40.1 Å². The lowest BCUT2D eigenvalue weighted by molar-refractivity contribution is 0.600. The normalized spacial score (nSPS) is 17.6. The molecule has 0 bridgehead atoms. The van der Waals surface area contributed by atoms with Crippen LogP contribution in [0.1, 0.15) is 24.1 Å². The molecule has 90 valence electrons. The maximum absolute atomic E-state index is 3.73. The third kappa shape index (κ3) is 1.56. The molecule has 0 aromatic carbocycles. The zero-order valence-corrected chi connectivity index (χ0v) is 11.8. The molecule has 2 aromatic rings. The van der Waals surface area contributed by atoms with E-state index >= 15 is 0 Å². The number of nitrogens with zero attached hydrogens (tertiary/aromatic N) is 1. The van der Waals surface area contributed by atoms with E-state index in [0.717, 1.165) is 6.54 Å². The second-order valence-corrected chi connectivity index (χ2v) is 5.85. The zero-order chi connectivity index (χ0) is 12.0. The van der Waals surface area contributed by atoms with Gasteiger partial charge in [-0.25, -0.2) is 0 Å². The van der Waals surface area contributed by atoms with Crippen LogP contribution >= 0.6 is 15.9 Å². The van der Waals surface area contributed by atoms with Gasteiger partial charge in [-0.3, -0.25) is 0 Å². The van der Waals surface area contributed by atoms with Gasteiger partial charge in [0, 0.05) is 28.3 Å². The van der Waals surface area contributed by atoms with Gasteiger partial charge in [0.15, 0.2) is 0 Å². The van der Waals surface area contributed by atoms with E-state index in [-0.39, 0.29) is 0 Å². The summed E-state index contributed by atoms with van der Waals surface area (Å²) in [6, 6.07) is 6.38. The molecule has 1 fully saturated rings. The van der Waals surface area contributed by atoms with Crippen LogP contribution in [-0.2, 0) is 5.41 Å². The molecule has 0 unspecified atom stereocenters. The second kappa shape index (κ2) is 3.85. The summed E-state index contributed by atoms with van der Waals surface area (Å²) < 4.78 is 3.60. The molecule has 0 spiro atoms. The second-order valence-electron chi connectivity index (χ2n) is 5.05. The first kappa shape index (κ1) is 11.3. The molecule has 1 aliphatic rings. The summed E-state index contributed by atoms with van der Waals surface area (Å²) in [6.07, 6.45) is 4.77. The highest BCUT2D eigenvalue weighted by molar-refractivity contribution is 9.10. The third-order valence-electron chi connectivity index (χ3n) is 3.88. The number of fused-ring (bicyclic) bond motifs is 1. The van der Waals surface area contributed by atoms with E-state index in [9.17, 15) is 0 Å². The lowest BCUT2D eigenvalue weighted by Crippen LogP contribution is -2.25. The van der Waals surface area contributed by atoms with E-state index in [1.54, 1.807) is 0 Å². The molecular formula is C14H17BrN2. The van der Waals surface area contributed by atoms with Gasteiger partial charge in [0.1, 0.15) is 0 Å².